The van der Waals surface area contributed by atoms with Crippen LogP contribution < -0.4 is 15.8 Å². The summed E-state index contributed by atoms with van der Waals surface area (Å²) in [5.41, 5.74) is 6.57. The molecule has 0 aromatic heterocycles. The number of amides is 1. The van der Waals surface area contributed by atoms with Crippen LogP contribution in [0.1, 0.15) is 37.6 Å². The van der Waals surface area contributed by atoms with Crippen LogP contribution in [0.5, 0.6) is 5.75 Å². The molecule has 0 spiro atoms. The van der Waals surface area contributed by atoms with Gasteiger partial charge in [0.1, 0.15) is 5.75 Å². The van der Waals surface area contributed by atoms with Gasteiger partial charge in [-0.1, -0.05) is 25.4 Å². The number of nitrogens with zero attached hydrogens (tertiary/aromatic N) is 1. The molecule has 24 heavy (non-hydrogen) atoms. The second-order valence-electron chi connectivity index (χ2n) is 7.11. The fourth-order valence-electron chi connectivity index (χ4n) is 3.59. The van der Waals surface area contributed by atoms with Gasteiger partial charge < -0.3 is 20.7 Å². The van der Waals surface area contributed by atoms with Gasteiger partial charge in [0.05, 0.1) is 23.4 Å². The van der Waals surface area contributed by atoms with E-state index in [0.717, 1.165) is 19.6 Å². The number of carbonyl (C=O) groups excluding carboxylic acids is 1. The maximum atomic E-state index is 12.6. The van der Waals surface area contributed by atoms with Crippen LogP contribution in [0.25, 0.3) is 0 Å². The van der Waals surface area contributed by atoms with Gasteiger partial charge in [0.15, 0.2) is 0 Å². The maximum Gasteiger partial charge on any atom is 0.255 e. The molecule has 1 aromatic rings. The lowest BCUT2D eigenvalue weighted by Gasteiger charge is -2.36. The number of carbonyl (C=O) groups is 1. The molecule has 1 aliphatic rings. The SMILES string of the molecule is COc1cc(N)c(Cl)cc1C(=O)NC(C)CN1CC(C)CC(C)C1. The number of anilines is 1. The van der Waals surface area contributed by atoms with Gasteiger partial charge in [0, 0.05) is 31.7 Å². The standard InChI is InChI=1S/C18H28ClN3O2/c1-11-5-12(2)9-22(8-11)10-13(3)21-18(23)14-6-15(19)16(20)7-17(14)24-4/h6-7,11-13H,5,8-10,20H2,1-4H3,(H,21,23). The minimum atomic E-state index is -0.195. The highest BCUT2D eigenvalue weighted by Gasteiger charge is 2.24. The van der Waals surface area contributed by atoms with Crippen LogP contribution in [-0.2, 0) is 0 Å². The predicted molar refractivity (Wildman–Crippen MR) is 98.7 cm³/mol. The Labute approximate surface area is 149 Å². The third kappa shape index (κ3) is 4.77. The van der Waals surface area contributed by atoms with Crippen LogP contribution in [0.15, 0.2) is 12.1 Å². The first-order chi connectivity index (χ1) is 11.3. The summed E-state index contributed by atoms with van der Waals surface area (Å²) in [4.78, 5) is 15.0. The third-order valence-corrected chi connectivity index (χ3v) is 4.74. The molecule has 1 aliphatic heterocycles. The van der Waals surface area contributed by atoms with E-state index in [1.807, 2.05) is 6.92 Å². The number of nitrogens with two attached hydrogens (primary N) is 1. The van der Waals surface area contributed by atoms with Crippen LogP contribution in [0, 0.1) is 11.8 Å². The lowest BCUT2D eigenvalue weighted by Crippen LogP contribution is -2.47. The van der Waals surface area contributed by atoms with E-state index in [9.17, 15) is 4.79 Å². The van der Waals surface area contributed by atoms with Crippen molar-refractivity contribution in [3.63, 3.8) is 0 Å². The number of nitrogens with one attached hydrogen (secondary N) is 1. The molecule has 3 N–H and O–H groups in total. The fraction of sp³-hybridized carbons (Fsp3) is 0.611. The topological polar surface area (TPSA) is 67.6 Å². The van der Waals surface area contributed by atoms with Gasteiger partial charge >= 0.3 is 0 Å². The molecule has 2 rings (SSSR count). The van der Waals surface area contributed by atoms with Crippen LogP contribution in [0.2, 0.25) is 5.02 Å². The van der Waals surface area contributed by atoms with E-state index in [4.69, 9.17) is 22.1 Å². The molecule has 0 radical (unpaired) electrons. The van der Waals surface area contributed by atoms with E-state index in [-0.39, 0.29) is 11.9 Å². The molecule has 3 unspecified atom stereocenters. The first-order valence-corrected chi connectivity index (χ1v) is 8.84. The molecular formula is C18H28ClN3O2. The summed E-state index contributed by atoms with van der Waals surface area (Å²) in [6, 6.07) is 3.18. The number of ether oxygens (including phenoxy) is 1. The van der Waals surface area contributed by atoms with Crippen molar-refractivity contribution in [3.05, 3.63) is 22.7 Å². The Bertz CT molecular complexity index is 584. The molecule has 6 heteroatoms. The Kier molecular flexibility index (Phi) is 6.35. The molecule has 134 valence electrons. The first-order valence-electron chi connectivity index (χ1n) is 8.46. The van der Waals surface area contributed by atoms with E-state index in [2.05, 4.69) is 24.1 Å². The number of halogens is 1. The lowest BCUT2D eigenvalue weighted by molar-refractivity contribution is 0.0902. The molecule has 3 atom stereocenters. The molecule has 1 saturated heterocycles. The minimum Gasteiger partial charge on any atom is -0.496 e. The van der Waals surface area contributed by atoms with Crippen molar-refractivity contribution < 1.29 is 9.53 Å². The molecule has 0 aliphatic carbocycles. The summed E-state index contributed by atoms with van der Waals surface area (Å²) < 4.78 is 5.25. The molecule has 1 aromatic carbocycles. The van der Waals surface area contributed by atoms with Gasteiger partial charge in [-0.3, -0.25) is 4.79 Å². The van der Waals surface area contributed by atoms with Crippen LogP contribution in [0.4, 0.5) is 5.69 Å². The number of hydrogen-bond acceptors (Lipinski definition) is 4. The lowest BCUT2D eigenvalue weighted by atomic mass is 9.92. The highest BCUT2D eigenvalue weighted by atomic mass is 35.5. The summed E-state index contributed by atoms with van der Waals surface area (Å²) in [7, 11) is 1.51. The highest BCUT2D eigenvalue weighted by Crippen LogP contribution is 2.29. The predicted octanol–water partition coefficient (Wildman–Crippen LogP) is 3.03. The monoisotopic (exact) mass is 353 g/mol. The number of hydrogen-bond donors (Lipinski definition) is 2. The van der Waals surface area contributed by atoms with E-state index < -0.39 is 0 Å². The number of benzene rings is 1. The fourth-order valence-corrected chi connectivity index (χ4v) is 3.75. The summed E-state index contributed by atoms with van der Waals surface area (Å²) in [5.74, 6) is 1.64. The van der Waals surface area contributed by atoms with E-state index in [0.29, 0.717) is 33.9 Å². The summed E-state index contributed by atoms with van der Waals surface area (Å²) >= 11 is 6.04. The molecule has 1 amide bonds. The van der Waals surface area contributed by atoms with Gasteiger partial charge in [-0.2, -0.15) is 0 Å². The van der Waals surface area contributed by atoms with Crippen molar-refractivity contribution in [3.8, 4) is 5.75 Å². The average molecular weight is 354 g/mol. The highest BCUT2D eigenvalue weighted by molar-refractivity contribution is 6.33. The van der Waals surface area contributed by atoms with Crippen LogP contribution in [0.3, 0.4) is 0 Å². The molecule has 0 saturated carbocycles. The zero-order chi connectivity index (χ0) is 17.9. The number of rotatable bonds is 5. The third-order valence-electron chi connectivity index (χ3n) is 4.42. The molecule has 5 nitrogen and oxygen atoms in total. The number of likely N-dealkylation sites (tertiary alicyclic amines) is 1. The second-order valence-corrected chi connectivity index (χ2v) is 7.52. The minimum absolute atomic E-state index is 0.0380. The number of nitrogen functional groups attached to an aromatic ring is 1. The Balaban J connectivity index is 2.00. The summed E-state index contributed by atoms with van der Waals surface area (Å²) in [6.45, 7) is 9.60. The van der Waals surface area contributed by atoms with Crippen LogP contribution in [-0.4, -0.2) is 43.6 Å². The smallest absolute Gasteiger partial charge is 0.255 e. The largest absolute Gasteiger partial charge is 0.496 e. The number of methoxy groups -OCH3 is 1. The number of piperidine rings is 1. The zero-order valence-electron chi connectivity index (χ0n) is 14.9. The normalized spacial score (nSPS) is 22.9. The van der Waals surface area contributed by atoms with Crippen molar-refractivity contribution in [1.82, 2.24) is 10.2 Å². The summed E-state index contributed by atoms with van der Waals surface area (Å²) in [5, 5.41) is 3.39. The van der Waals surface area contributed by atoms with Gasteiger partial charge in [-0.15, -0.1) is 0 Å². The van der Waals surface area contributed by atoms with Gasteiger partial charge in [-0.05, 0) is 31.2 Å². The zero-order valence-corrected chi connectivity index (χ0v) is 15.7. The Morgan fingerprint density at radius 1 is 1.42 bits per heavy atom. The maximum absolute atomic E-state index is 12.6. The van der Waals surface area contributed by atoms with Crippen molar-refractivity contribution in [2.75, 3.05) is 32.5 Å². The van der Waals surface area contributed by atoms with Crippen molar-refractivity contribution in [2.24, 2.45) is 11.8 Å². The Morgan fingerprint density at radius 2 is 2.04 bits per heavy atom. The molecular weight excluding hydrogens is 326 g/mol. The average Bonchev–Trinajstić information content (AvgIpc) is 2.48. The van der Waals surface area contributed by atoms with E-state index in [1.54, 1.807) is 12.1 Å². The van der Waals surface area contributed by atoms with Crippen molar-refractivity contribution >= 4 is 23.2 Å². The van der Waals surface area contributed by atoms with E-state index >= 15 is 0 Å². The first kappa shape index (κ1) is 18.9. The van der Waals surface area contributed by atoms with Crippen LogP contribution >= 0.6 is 11.6 Å². The Morgan fingerprint density at radius 3 is 2.62 bits per heavy atom. The molecule has 1 heterocycles. The van der Waals surface area contributed by atoms with Gasteiger partial charge in [-0.25, -0.2) is 0 Å². The summed E-state index contributed by atoms with van der Waals surface area (Å²) in [6.07, 6.45) is 1.28. The van der Waals surface area contributed by atoms with Crippen molar-refractivity contribution in [1.29, 1.82) is 0 Å². The molecule has 0 bridgehead atoms. The van der Waals surface area contributed by atoms with Gasteiger partial charge in [0.25, 0.3) is 5.91 Å². The Hall–Kier alpha value is -1.46. The van der Waals surface area contributed by atoms with Crippen molar-refractivity contribution in [2.45, 2.75) is 33.2 Å². The quantitative estimate of drug-likeness (QED) is 0.798. The second kappa shape index (κ2) is 8.08. The van der Waals surface area contributed by atoms with E-state index in [1.165, 1.54) is 13.5 Å². The van der Waals surface area contributed by atoms with Gasteiger partial charge in [0.2, 0.25) is 0 Å². The molecule has 1 fully saturated rings.